The van der Waals surface area contributed by atoms with Gasteiger partial charge in [0.1, 0.15) is 0 Å². The van der Waals surface area contributed by atoms with Crippen LogP contribution in [-0.4, -0.2) is 0 Å². The van der Waals surface area contributed by atoms with Crippen LogP contribution in [0.3, 0.4) is 0 Å². The molecule has 2 aliphatic carbocycles. The molecule has 0 aromatic carbocycles. The fourth-order valence-electron chi connectivity index (χ4n) is 4.38. The Morgan fingerprint density at radius 2 is 1.64 bits per heavy atom. The predicted molar refractivity (Wildman–Crippen MR) is 62.1 cm³/mol. The zero-order valence-electron chi connectivity index (χ0n) is 10.5. The van der Waals surface area contributed by atoms with Gasteiger partial charge in [0.2, 0.25) is 0 Å². The van der Waals surface area contributed by atoms with Crippen molar-refractivity contribution in [3.05, 3.63) is 0 Å². The number of hydrogen-bond donors (Lipinski definition) is 0. The average Bonchev–Trinajstić information content (AvgIpc) is 2.44. The molecule has 0 heterocycles. The highest BCUT2D eigenvalue weighted by molar-refractivity contribution is 5.16. The zero-order chi connectivity index (χ0) is 10.5. The molecule has 4 unspecified atom stereocenters. The fraction of sp³-hybridized carbons (Fsp3) is 1.00. The lowest BCUT2D eigenvalue weighted by Gasteiger charge is -2.32. The van der Waals surface area contributed by atoms with E-state index in [1.807, 2.05) is 0 Å². The molecular formula is C14H26. The largest absolute Gasteiger partial charge is 0.0651 e. The summed E-state index contributed by atoms with van der Waals surface area (Å²) in [5.74, 6) is 5.00. The molecule has 4 atom stereocenters. The van der Waals surface area contributed by atoms with Gasteiger partial charge in [0.05, 0.1) is 0 Å². The molecule has 0 saturated heterocycles. The molecule has 0 radical (unpaired) electrons. The first-order chi connectivity index (χ1) is 6.53. The van der Waals surface area contributed by atoms with Gasteiger partial charge in [-0.25, -0.2) is 0 Å². The second-order valence-corrected chi connectivity index (χ2v) is 6.26. The Hall–Kier alpha value is 0. The maximum absolute atomic E-state index is 2.56. The Morgan fingerprint density at radius 1 is 1.14 bits per heavy atom. The van der Waals surface area contributed by atoms with E-state index in [4.69, 9.17) is 0 Å². The second-order valence-electron chi connectivity index (χ2n) is 6.26. The van der Waals surface area contributed by atoms with Crippen LogP contribution >= 0.6 is 0 Å². The van der Waals surface area contributed by atoms with Gasteiger partial charge in [0, 0.05) is 0 Å². The maximum Gasteiger partial charge on any atom is -0.0235 e. The molecule has 14 heavy (non-hydrogen) atoms. The molecule has 0 aromatic heterocycles. The van der Waals surface area contributed by atoms with Gasteiger partial charge < -0.3 is 0 Å². The van der Waals surface area contributed by atoms with E-state index in [0.717, 1.165) is 35.0 Å². The maximum atomic E-state index is 2.56. The van der Waals surface area contributed by atoms with Crippen molar-refractivity contribution in [2.75, 3.05) is 0 Å². The average molecular weight is 194 g/mol. The molecule has 0 heteroatoms. The standard InChI is InChI=1S/C14H26/c1-6-11(9(2)3)10(4)14(5)12-7-8-13(12)14/h9-13H,6-8H2,1-5H3. The molecule has 0 aromatic rings. The van der Waals surface area contributed by atoms with Gasteiger partial charge >= 0.3 is 0 Å². The lowest BCUT2D eigenvalue weighted by Crippen LogP contribution is -2.25. The minimum Gasteiger partial charge on any atom is -0.0651 e. The molecule has 2 fully saturated rings. The summed E-state index contributed by atoms with van der Waals surface area (Å²) in [6.45, 7) is 12.3. The molecule has 0 spiro atoms. The molecular weight excluding hydrogens is 168 g/mol. The third-order valence-electron chi connectivity index (χ3n) is 5.71. The van der Waals surface area contributed by atoms with Crippen molar-refractivity contribution in [2.24, 2.45) is 35.0 Å². The molecule has 0 nitrogen and oxygen atoms in total. The summed E-state index contributed by atoms with van der Waals surface area (Å²) >= 11 is 0. The van der Waals surface area contributed by atoms with Crippen LogP contribution in [0.15, 0.2) is 0 Å². The number of fused-ring (bicyclic) bond motifs is 1. The highest BCUT2D eigenvalue weighted by Gasteiger charge is 2.68. The van der Waals surface area contributed by atoms with Crippen molar-refractivity contribution < 1.29 is 0 Å². The van der Waals surface area contributed by atoms with E-state index in [-0.39, 0.29) is 0 Å². The van der Waals surface area contributed by atoms with Crippen LogP contribution in [0.25, 0.3) is 0 Å². The first kappa shape index (κ1) is 10.5. The van der Waals surface area contributed by atoms with Gasteiger partial charge in [-0.2, -0.15) is 0 Å². The van der Waals surface area contributed by atoms with Crippen molar-refractivity contribution in [3.63, 3.8) is 0 Å². The minimum absolute atomic E-state index is 0.741. The van der Waals surface area contributed by atoms with Gasteiger partial charge in [-0.15, -0.1) is 0 Å². The summed E-state index contributed by atoms with van der Waals surface area (Å²) in [6, 6.07) is 0. The van der Waals surface area contributed by atoms with Crippen LogP contribution in [-0.2, 0) is 0 Å². The molecule has 0 amide bonds. The zero-order valence-corrected chi connectivity index (χ0v) is 10.5. The van der Waals surface area contributed by atoms with Crippen molar-refractivity contribution in [2.45, 2.75) is 53.9 Å². The van der Waals surface area contributed by atoms with Gasteiger partial charge in [-0.3, -0.25) is 0 Å². The van der Waals surface area contributed by atoms with Crippen LogP contribution in [0.2, 0.25) is 0 Å². The lowest BCUT2D eigenvalue weighted by atomic mass is 9.73. The summed E-state index contributed by atoms with van der Waals surface area (Å²) in [6.07, 6.45) is 4.42. The monoisotopic (exact) mass is 194 g/mol. The first-order valence-electron chi connectivity index (χ1n) is 6.53. The van der Waals surface area contributed by atoms with E-state index in [2.05, 4.69) is 34.6 Å². The molecule has 82 valence electrons. The summed E-state index contributed by atoms with van der Waals surface area (Å²) in [7, 11) is 0. The third-order valence-corrected chi connectivity index (χ3v) is 5.71. The molecule has 0 bridgehead atoms. The van der Waals surface area contributed by atoms with E-state index in [1.165, 1.54) is 19.3 Å². The summed E-state index contributed by atoms with van der Waals surface area (Å²) in [5.41, 5.74) is 0.741. The number of hydrogen-bond acceptors (Lipinski definition) is 0. The summed E-state index contributed by atoms with van der Waals surface area (Å²) in [4.78, 5) is 0. The lowest BCUT2D eigenvalue weighted by molar-refractivity contribution is 0.171. The Morgan fingerprint density at radius 3 is 1.93 bits per heavy atom. The van der Waals surface area contributed by atoms with E-state index in [1.54, 1.807) is 0 Å². The quantitative estimate of drug-likeness (QED) is 0.624. The highest BCUT2D eigenvalue weighted by Crippen LogP contribution is 2.74. The van der Waals surface area contributed by atoms with Gasteiger partial charge in [-0.05, 0) is 47.8 Å². The summed E-state index contributed by atoms with van der Waals surface area (Å²) in [5, 5.41) is 0. The van der Waals surface area contributed by atoms with Gasteiger partial charge in [0.25, 0.3) is 0 Å². The molecule has 0 N–H and O–H groups in total. The minimum atomic E-state index is 0.741. The van der Waals surface area contributed by atoms with E-state index >= 15 is 0 Å². The number of rotatable bonds is 4. The third kappa shape index (κ3) is 1.19. The van der Waals surface area contributed by atoms with E-state index in [0.29, 0.717) is 0 Å². The summed E-state index contributed by atoms with van der Waals surface area (Å²) < 4.78 is 0. The Kier molecular flexibility index (Phi) is 2.44. The van der Waals surface area contributed by atoms with Crippen LogP contribution in [0.5, 0.6) is 0 Å². The van der Waals surface area contributed by atoms with Gasteiger partial charge in [0.15, 0.2) is 0 Å². The second kappa shape index (κ2) is 3.25. The first-order valence-corrected chi connectivity index (χ1v) is 6.53. The van der Waals surface area contributed by atoms with Crippen molar-refractivity contribution >= 4 is 0 Å². The molecule has 2 rings (SSSR count). The van der Waals surface area contributed by atoms with E-state index in [9.17, 15) is 0 Å². The van der Waals surface area contributed by atoms with Crippen molar-refractivity contribution in [3.8, 4) is 0 Å². The molecule has 0 aliphatic heterocycles. The molecule has 2 saturated carbocycles. The normalized spacial score (nSPS) is 44.1. The van der Waals surface area contributed by atoms with Crippen molar-refractivity contribution in [1.82, 2.24) is 0 Å². The van der Waals surface area contributed by atoms with Crippen molar-refractivity contribution in [1.29, 1.82) is 0 Å². The van der Waals surface area contributed by atoms with Crippen LogP contribution < -0.4 is 0 Å². The fourth-order valence-corrected chi connectivity index (χ4v) is 4.38. The van der Waals surface area contributed by atoms with Crippen LogP contribution in [0.1, 0.15) is 53.9 Å². The highest BCUT2D eigenvalue weighted by atomic mass is 14.7. The van der Waals surface area contributed by atoms with E-state index < -0.39 is 0 Å². The topological polar surface area (TPSA) is 0 Å². The predicted octanol–water partition coefficient (Wildman–Crippen LogP) is 4.35. The Labute approximate surface area is 89.5 Å². The Bertz CT molecular complexity index is 206. The van der Waals surface area contributed by atoms with Crippen LogP contribution in [0, 0.1) is 35.0 Å². The Balaban J connectivity index is 2.03. The van der Waals surface area contributed by atoms with Gasteiger partial charge in [-0.1, -0.05) is 41.0 Å². The smallest absolute Gasteiger partial charge is 0.0235 e. The molecule has 2 aliphatic rings. The van der Waals surface area contributed by atoms with Crippen LogP contribution in [0.4, 0.5) is 0 Å². The SMILES string of the molecule is CCC(C(C)C)C(C)C1(C)C2CCC21.